The molecule has 0 aliphatic heterocycles. The predicted octanol–water partition coefficient (Wildman–Crippen LogP) is 3.45. The summed E-state index contributed by atoms with van der Waals surface area (Å²) >= 11 is 1.43. The Hall–Kier alpha value is -3.13. The summed E-state index contributed by atoms with van der Waals surface area (Å²) in [5.41, 5.74) is 3.47. The maximum atomic E-state index is 13.1. The first-order valence-electron chi connectivity index (χ1n) is 7.90. The van der Waals surface area contributed by atoms with Gasteiger partial charge in [-0.25, -0.2) is 4.79 Å². The van der Waals surface area contributed by atoms with Crippen molar-refractivity contribution in [2.24, 2.45) is 0 Å². The number of aromatic nitrogens is 2. The number of thiophene rings is 1. The maximum Gasteiger partial charge on any atom is 0.321 e. The van der Waals surface area contributed by atoms with Crippen LogP contribution in [0.15, 0.2) is 30.3 Å². The number of benzene rings is 1. The van der Waals surface area contributed by atoms with Gasteiger partial charge in [-0.15, -0.1) is 0 Å². The van der Waals surface area contributed by atoms with E-state index in [0.717, 1.165) is 9.94 Å². The van der Waals surface area contributed by atoms with Crippen molar-refractivity contribution in [3.8, 4) is 26.9 Å². The molecule has 1 aromatic carbocycles. The lowest BCUT2D eigenvalue weighted by molar-refractivity contribution is 0.104. The number of H-pyrrole nitrogens is 1. The first kappa shape index (κ1) is 16.3. The summed E-state index contributed by atoms with van der Waals surface area (Å²) < 4.78 is 5.23. The summed E-state index contributed by atoms with van der Waals surface area (Å²) in [7, 11) is 4.90. The zero-order chi connectivity index (χ0) is 18.4. The Morgan fingerprint density at radius 3 is 2.73 bits per heavy atom. The second-order valence-corrected chi connectivity index (χ2v) is 7.07. The summed E-state index contributed by atoms with van der Waals surface area (Å²) in [5.74, 6) is -0.152. The molecule has 0 spiro atoms. The Morgan fingerprint density at radius 1 is 1.23 bits per heavy atom. The molecule has 0 fully saturated rings. The highest BCUT2D eigenvalue weighted by Gasteiger charge is 2.35. The summed E-state index contributed by atoms with van der Waals surface area (Å²) in [5, 5.41) is 10.9. The quantitative estimate of drug-likeness (QED) is 0.580. The number of fused-ring (bicyclic) bond motifs is 3. The van der Waals surface area contributed by atoms with Gasteiger partial charge in [-0.05, 0) is 18.2 Å². The lowest BCUT2D eigenvalue weighted by Gasteiger charge is -2.14. The van der Waals surface area contributed by atoms with Gasteiger partial charge in [0.2, 0.25) is 0 Å². The van der Waals surface area contributed by atoms with Gasteiger partial charge in [0.25, 0.3) is 0 Å². The van der Waals surface area contributed by atoms with Crippen molar-refractivity contribution < 1.29 is 14.3 Å². The van der Waals surface area contributed by atoms with Gasteiger partial charge in [-0.1, -0.05) is 23.5 Å². The monoisotopic (exact) mass is 368 g/mol. The molecule has 0 bridgehead atoms. The number of rotatable bonds is 3. The fourth-order valence-corrected chi connectivity index (χ4v) is 3.77. The molecule has 3 aromatic rings. The maximum absolute atomic E-state index is 13.1. The average molecular weight is 368 g/mol. The molecule has 0 radical (unpaired) electrons. The number of ketones is 1. The molecule has 2 aromatic heterocycles. The van der Waals surface area contributed by atoms with Crippen LogP contribution in [0.25, 0.3) is 21.8 Å². The molecule has 0 saturated heterocycles. The van der Waals surface area contributed by atoms with Gasteiger partial charge in [0.05, 0.1) is 34.5 Å². The molecule has 1 aliphatic carbocycles. The third-order valence-electron chi connectivity index (χ3n) is 4.22. The van der Waals surface area contributed by atoms with Gasteiger partial charge >= 0.3 is 6.03 Å². The lowest BCUT2D eigenvalue weighted by atomic mass is 10.1. The van der Waals surface area contributed by atoms with E-state index in [1.54, 1.807) is 33.3 Å². The number of urea groups is 1. The molecule has 0 unspecified atom stereocenters. The Kier molecular flexibility index (Phi) is 3.77. The van der Waals surface area contributed by atoms with E-state index in [1.165, 1.54) is 16.2 Å². The van der Waals surface area contributed by atoms with Crippen molar-refractivity contribution in [2.45, 2.75) is 0 Å². The lowest BCUT2D eigenvalue weighted by Crippen LogP contribution is -2.28. The van der Waals surface area contributed by atoms with E-state index in [9.17, 15) is 9.59 Å². The highest BCUT2D eigenvalue weighted by Crippen LogP contribution is 2.44. The first-order chi connectivity index (χ1) is 12.5. The van der Waals surface area contributed by atoms with E-state index in [1.807, 2.05) is 18.2 Å². The molecular formula is C18H16N4O3S. The van der Waals surface area contributed by atoms with Crippen LogP contribution in [-0.4, -0.2) is 48.1 Å². The van der Waals surface area contributed by atoms with Crippen LogP contribution in [0.2, 0.25) is 0 Å². The predicted molar refractivity (Wildman–Crippen MR) is 100 cm³/mol. The van der Waals surface area contributed by atoms with Gasteiger partial charge in [0, 0.05) is 19.7 Å². The summed E-state index contributed by atoms with van der Waals surface area (Å²) in [4.78, 5) is 27.5. The van der Waals surface area contributed by atoms with Crippen molar-refractivity contribution in [3.63, 3.8) is 0 Å². The minimum absolute atomic E-state index is 0.152. The van der Waals surface area contributed by atoms with E-state index < -0.39 is 0 Å². The minimum Gasteiger partial charge on any atom is -0.487 e. The molecule has 7 nitrogen and oxygen atoms in total. The zero-order valence-electron chi connectivity index (χ0n) is 14.4. The van der Waals surface area contributed by atoms with Crippen molar-refractivity contribution in [1.29, 1.82) is 0 Å². The molecule has 2 N–H and O–H groups in total. The molecule has 2 heterocycles. The number of nitrogens with zero attached hydrogens (tertiary/aromatic N) is 2. The van der Waals surface area contributed by atoms with Gasteiger partial charge in [0.15, 0.2) is 10.8 Å². The number of carbonyl (C=O) groups excluding carboxylic acids is 2. The van der Waals surface area contributed by atoms with Crippen molar-refractivity contribution in [2.75, 3.05) is 26.5 Å². The summed E-state index contributed by atoms with van der Waals surface area (Å²) in [6, 6.07) is 8.81. The smallest absolute Gasteiger partial charge is 0.321 e. The van der Waals surface area contributed by atoms with Crippen LogP contribution >= 0.6 is 11.3 Å². The van der Waals surface area contributed by atoms with Crippen LogP contribution in [0.1, 0.15) is 15.9 Å². The molecule has 132 valence electrons. The summed E-state index contributed by atoms with van der Waals surface area (Å²) in [6.07, 6.45) is 0. The molecule has 26 heavy (non-hydrogen) atoms. The number of hydrogen-bond donors (Lipinski definition) is 2. The zero-order valence-corrected chi connectivity index (χ0v) is 15.2. The van der Waals surface area contributed by atoms with Gasteiger partial charge in [-0.2, -0.15) is 5.10 Å². The van der Waals surface area contributed by atoms with Gasteiger partial charge in [0.1, 0.15) is 5.69 Å². The van der Waals surface area contributed by atoms with Crippen molar-refractivity contribution >= 4 is 28.8 Å². The number of hydrogen-bond acceptors (Lipinski definition) is 5. The Labute approximate surface area is 153 Å². The number of anilines is 1. The molecule has 0 atom stereocenters. The van der Waals surface area contributed by atoms with Crippen molar-refractivity contribution in [3.05, 3.63) is 41.5 Å². The van der Waals surface area contributed by atoms with E-state index >= 15 is 0 Å². The Balaban J connectivity index is 1.80. The van der Waals surface area contributed by atoms with E-state index in [-0.39, 0.29) is 11.8 Å². The highest BCUT2D eigenvalue weighted by atomic mass is 32.1. The van der Waals surface area contributed by atoms with E-state index in [2.05, 4.69) is 15.5 Å². The summed E-state index contributed by atoms with van der Waals surface area (Å²) in [6.45, 7) is 0. The van der Waals surface area contributed by atoms with Crippen LogP contribution in [0, 0.1) is 0 Å². The third-order valence-corrected chi connectivity index (χ3v) is 5.28. The second kappa shape index (κ2) is 5.99. The number of nitrogens with one attached hydrogen (secondary N) is 2. The van der Waals surface area contributed by atoms with Gasteiger partial charge in [-0.3, -0.25) is 9.89 Å². The fraction of sp³-hybridized carbons (Fsp3) is 0.167. The second-order valence-electron chi connectivity index (χ2n) is 6.03. The van der Waals surface area contributed by atoms with Crippen LogP contribution in [0.5, 0.6) is 5.06 Å². The molecular weight excluding hydrogens is 352 g/mol. The third kappa shape index (κ3) is 2.38. The van der Waals surface area contributed by atoms with Crippen LogP contribution < -0.4 is 10.1 Å². The number of ether oxygens (including phenoxy) is 1. The number of carbonyl (C=O) groups is 2. The van der Waals surface area contributed by atoms with Gasteiger partial charge < -0.3 is 15.0 Å². The number of amides is 2. The van der Waals surface area contributed by atoms with Crippen LogP contribution in [-0.2, 0) is 0 Å². The van der Waals surface area contributed by atoms with E-state index in [4.69, 9.17) is 4.74 Å². The first-order valence-corrected chi connectivity index (χ1v) is 8.72. The minimum atomic E-state index is -0.291. The molecule has 1 aliphatic rings. The topological polar surface area (TPSA) is 87.3 Å². The van der Waals surface area contributed by atoms with Crippen molar-refractivity contribution in [1.82, 2.24) is 15.1 Å². The van der Waals surface area contributed by atoms with Crippen LogP contribution in [0.4, 0.5) is 10.5 Å². The van der Waals surface area contributed by atoms with E-state index in [0.29, 0.717) is 33.8 Å². The normalized spacial score (nSPS) is 11.9. The van der Waals surface area contributed by atoms with Crippen LogP contribution in [0.3, 0.4) is 0 Å². The number of aromatic amines is 1. The standard InChI is InChI=1S/C18H16N4O3S/c1-22(2)18(24)19-10-6-4-5-9-13(10)17(23)14-15(9)20-21-16(14)11-7-8-12(25-3)26-11/h4-8H,1-3H3,(H,19,24)(H,20,21). The molecule has 2 amide bonds. The number of methoxy groups -OCH3 is 1. The molecule has 0 saturated carbocycles. The molecule has 4 rings (SSSR count). The molecule has 8 heteroatoms. The SMILES string of the molecule is COc1ccc(-c2[nH]nc3c2C(=O)c2c(NC(=O)N(C)C)cccc2-3)s1. The Bertz CT molecular complexity index is 1030. The highest BCUT2D eigenvalue weighted by molar-refractivity contribution is 7.17. The largest absolute Gasteiger partial charge is 0.487 e. The fourth-order valence-electron chi connectivity index (χ4n) is 2.95. The Morgan fingerprint density at radius 2 is 2.04 bits per heavy atom. The average Bonchev–Trinajstić information content (AvgIpc) is 3.32.